The number of alkyl halides is 2. The Bertz CT molecular complexity index is 1080. The van der Waals surface area contributed by atoms with E-state index in [-0.39, 0.29) is 24.9 Å². The van der Waals surface area contributed by atoms with Gasteiger partial charge in [0.15, 0.2) is 0 Å². The molecule has 0 radical (unpaired) electrons. The normalized spacial score (nSPS) is 26.6. The van der Waals surface area contributed by atoms with Crippen molar-refractivity contribution in [2.75, 3.05) is 31.6 Å². The molecule has 2 fully saturated rings. The van der Waals surface area contributed by atoms with Crippen LogP contribution in [0.2, 0.25) is 0 Å². The minimum atomic E-state index is -2.87. The van der Waals surface area contributed by atoms with E-state index in [1.807, 2.05) is 0 Å². The summed E-state index contributed by atoms with van der Waals surface area (Å²) in [4.78, 5) is 33.7. The standard InChI is InChI=1S/C22H26F2N6O5/c23-22(24)8-17(22)27-20(33)15-1-2-16-19(26-15)30(12-4-6-29(16)9-12)21(34)28-18-7-14(3-5-25-18)35-11-13(32)10-31/h1-3,5,7,12-13,15,17,26,31-32H,4,6,8-11H2,(H,27,33)(H,25,28,34)/t12-,13+,15?,17?/m0/s1. The van der Waals surface area contributed by atoms with E-state index in [1.54, 1.807) is 23.1 Å². The molecule has 13 heteroatoms. The van der Waals surface area contributed by atoms with Gasteiger partial charge in [-0.2, -0.15) is 0 Å². The monoisotopic (exact) mass is 492 g/mol. The van der Waals surface area contributed by atoms with E-state index in [9.17, 15) is 23.5 Å². The third kappa shape index (κ3) is 4.73. The highest BCUT2D eigenvalue weighted by molar-refractivity contribution is 5.91. The molecule has 3 amide bonds. The van der Waals surface area contributed by atoms with Crippen molar-refractivity contribution >= 4 is 17.8 Å². The molecule has 3 aliphatic heterocycles. The lowest BCUT2D eigenvalue weighted by Crippen LogP contribution is -2.56. The minimum Gasteiger partial charge on any atom is -0.491 e. The number of allylic oxidation sites excluding steroid dienone is 1. The maximum absolute atomic E-state index is 13.3. The summed E-state index contributed by atoms with van der Waals surface area (Å²) in [7, 11) is 0. The first-order valence-electron chi connectivity index (χ1n) is 11.4. The van der Waals surface area contributed by atoms with Crippen molar-refractivity contribution in [3.8, 4) is 5.75 Å². The fourth-order valence-corrected chi connectivity index (χ4v) is 4.37. The van der Waals surface area contributed by atoms with Crippen LogP contribution in [0.5, 0.6) is 5.75 Å². The summed E-state index contributed by atoms with van der Waals surface area (Å²) < 4.78 is 31.9. The lowest BCUT2D eigenvalue weighted by atomic mass is 10.1. The largest absolute Gasteiger partial charge is 0.491 e. The average Bonchev–Trinajstić information content (AvgIpc) is 3.23. The number of carbonyl (C=O) groups is 2. The summed E-state index contributed by atoms with van der Waals surface area (Å²) in [6, 6.07) is 0.360. The molecule has 188 valence electrons. The number of fused-ring (bicyclic) bond motifs is 3. The van der Waals surface area contributed by atoms with E-state index < -0.39 is 42.7 Å². The molecule has 1 aromatic rings. The summed E-state index contributed by atoms with van der Waals surface area (Å²) >= 11 is 0. The lowest BCUT2D eigenvalue weighted by molar-refractivity contribution is -0.122. The molecule has 0 spiro atoms. The van der Waals surface area contributed by atoms with E-state index in [4.69, 9.17) is 9.84 Å². The molecule has 1 saturated carbocycles. The SMILES string of the molecule is O=C(NC1CC1(F)F)C1C=CC2=C(N1)N(C(=O)Nc1cc(OC[C@H](O)CO)ccn1)[C@H]1CCN2C1. The van der Waals surface area contributed by atoms with Gasteiger partial charge in [-0.3, -0.25) is 15.0 Å². The zero-order chi connectivity index (χ0) is 24.7. The van der Waals surface area contributed by atoms with Gasteiger partial charge in [0.25, 0.3) is 5.92 Å². The number of carbonyl (C=O) groups excluding carboxylic acids is 2. The molecular weight excluding hydrogens is 466 g/mol. The van der Waals surface area contributed by atoms with Gasteiger partial charge in [-0.1, -0.05) is 6.08 Å². The van der Waals surface area contributed by atoms with Gasteiger partial charge in [0.2, 0.25) is 5.91 Å². The number of pyridine rings is 1. The maximum atomic E-state index is 13.3. The number of hydrogen-bond donors (Lipinski definition) is 5. The van der Waals surface area contributed by atoms with Gasteiger partial charge >= 0.3 is 6.03 Å². The second kappa shape index (κ2) is 8.96. The Morgan fingerprint density at radius 2 is 2.20 bits per heavy atom. The first-order valence-corrected chi connectivity index (χ1v) is 11.4. The lowest BCUT2D eigenvalue weighted by Gasteiger charge is -2.40. The van der Waals surface area contributed by atoms with Gasteiger partial charge in [0, 0.05) is 31.8 Å². The van der Waals surface area contributed by atoms with Crippen LogP contribution in [0.15, 0.2) is 42.0 Å². The second-order valence-corrected chi connectivity index (χ2v) is 8.95. The third-order valence-electron chi connectivity index (χ3n) is 6.35. The molecule has 1 aromatic heterocycles. The Balaban J connectivity index is 1.29. The van der Waals surface area contributed by atoms with Gasteiger partial charge in [-0.05, 0) is 18.6 Å². The number of nitrogens with one attached hydrogen (secondary N) is 3. The van der Waals surface area contributed by atoms with E-state index >= 15 is 0 Å². The second-order valence-electron chi connectivity index (χ2n) is 8.95. The molecule has 4 heterocycles. The number of aromatic nitrogens is 1. The quantitative estimate of drug-likeness (QED) is 0.357. The summed E-state index contributed by atoms with van der Waals surface area (Å²) in [5.74, 6) is -2.47. The molecule has 4 aliphatic rings. The number of aliphatic hydroxyl groups excluding tert-OH is 2. The summed E-state index contributed by atoms with van der Waals surface area (Å²) in [6.45, 7) is 0.794. The van der Waals surface area contributed by atoms with Crippen LogP contribution in [0, 0.1) is 0 Å². The zero-order valence-corrected chi connectivity index (χ0v) is 18.7. The van der Waals surface area contributed by atoms with Crippen molar-refractivity contribution < 1.29 is 33.3 Å². The number of amides is 3. The highest BCUT2D eigenvalue weighted by atomic mass is 19.3. The number of ether oxygens (including phenoxy) is 1. The van der Waals surface area contributed by atoms with Crippen molar-refractivity contribution in [1.29, 1.82) is 0 Å². The van der Waals surface area contributed by atoms with Gasteiger partial charge in [-0.25, -0.2) is 18.6 Å². The van der Waals surface area contributed by atoms with Gasteiger partial charge in [-0.15, -0.1) is 0 Å². The van der Waals surface area contributed by atoms with E-state index in [1.165, 1.54) is 12.3 Å². The van der Waals surface area contributed by atoms with E-state index in [0.29, 0.717) is 18.1 Å². The Labute approximate surface area is 199 Å². The fraction of sp³-hybridized carbons (Fsp3) is 0.500. The van der Waals surface area contributed by atoms with Gasteiger partial charge in [0.05, 0.1) is 24.4 Å². The Hall–Kier alpha value is -3.45. The number of aliphatic hydroxyl groups is 2. The predicted molar refractivity (Wildman–Crippen MR) is 118 cm³/mol. The summed E-state index contributed by atoms with van der Waals surface area (Å²) in [6.07, 6.45) is 4.09. The molecule has 2 unspecified atom stereocenters. The van der Waals surface area contributed by atoms with Crippen LogP contribution in [-0.2, 0) is 4.79 Å². The van der Waals surface area contributed by atoms with Crippen LogP contribution in [0.4, 0.5) is 19.4 Å². The summed E-state index contributed by atoms with van der Waals surface area (Å²) in [5.41, 5.74) is 0.748. The number of nitrogens with zero attached hydrogens (tertiary/aromatic N) is 3. The molecule has 5 N–H and O–H groups in total. The van der Waals surface area contributed by atoms with Crippen LogP contribution in [0.3, 0.4) is 0 Å². The molecule has 0 aromatic carbocycles. The zero-order valence-electron chi connectivity index (χ0n) is 18.7. The molecule has 1 aliphatic carbocycles. The molecule has 4 atom stereocenters. The van der Waals surface area contributed by atoms with Crippen molar-refractivity contribution in [2.24, 2.45) is 0 Å². The number of hydrogen-bond acceptors (Lipinski definition) is 8. The van der Waals surface area contributed by atoms with Crippen LogP contribution in [-0.4, -0.2) is 93.4 Å². The molecule has 2 bridgehead atoms. The third-order valence-corrected chi connectivity index (χ3v) is 6.35. The van der Waals surface area contributed by atoms with E-state index in [2.05, 4.69) is 25.8 Å². The number of anilines is 1. The maximum Gasteiger partial charge on any atom is 0.328 e. The van der Waals surface area contributed by atoms with Gasteiger partial charge < -0.3 is 30.5 Å². The van der Waals surface area contributed by atoms with Crippen molar-refractivity contribution in [3.63, 3.8) is 0 Å². The first-order chi connectivity index (χ1) is 16.7. The van der Waals surface area contributed by atoms with Crippen LogP contribution in [0.1, 0.15) is 12.8 Å². The van der Waals surface area contributed by atoms with Crippen LogP contribution < -0.4 is 20.7 Å². The van der Waals surface area contributed by atoms with Crippen molar-refractivity contribution in [1.82, 2.24) is 25.4 Å². The number of rotatable bonds is 7. The number of dihydropyridines is 1. The fourth-order valence-electron chi connectivity index (χ4n) is 4.37. The molecule has 11 nitrogen and oxygen atoms in total. The topological polar surface area (TPSA) is 139 Å². The van der Waals surface area contributed by atoms with E-state index in [0.717, 1.165) is 18.7 Å². The van der Waals surface area contributed by atoms with Crippen molar-refractivity contribution in [2.45, 2.75) is 43.0 Å². The predicted octanol–water partition coefficient (Wildman–Crippen LogP) is -0.0437. The Morgan fingerprint density at radius 1 is 1.40 bits per heavy atom. The molecule has 5 rings (SSSR count). The van der Waals surface area contributed by atoms with Crippen molar-refractivity contribution in [3.05, 3.63) is 42.0 Å². The molecule has 35 heavy (non-hydrogen) atoms. The van der Waals surface area contributed by atoms with Crippen LogP contribution in [0.25, 0.3) is 0 Å². The number of halogens is 2. The first kappa shape index (κ1) is 23.3. The highest BCUT2D eigenvalue weighted by Crippen LogP contribution is 2.41. The minimum absolute atomic E-state index is 0.124. The average molecular weight is 492 g/mol. The molecule has 1 saturated heterocycles. The summed E-state index contributed by atoms with van der Waals surface area (Å²) in [5, 5.41) is 26.5. The highest BCUT2D eigenvalue weighted by Gasteiger charge is 2.58. The Morgan fingerprint density at radius 3 is 2.94 bits per heavy atom. The number of urea groups is 1. The Kier molecular flexibility index (Phi) is 5.97. The van der Waals surface area contributed by atoms with Gasteiger partial charge in [0.1, 0.15) is 36.1 Å². The molecular formula is C22H26F2N6O5. The smallest absolute Gasteiger partial charge is 0.328 e. The van der Waals surface area contributed by atoms with Crippen LogP contribution >= 0.6 is 0 Å².